The summed E-state index contributed by atoms with van der Waals surface area (Å²) in [5, 5.41) is 1.92. The van der Waals surface area contributed by atoms with Crippen LogP contribution < -0.4 is 11.5 Å². The number of carbonyl (C=O) groups is 1. The third-order valence-electron chi connectivity index (χ3n) is 2.97. The largest absolute Gasteiger partial charge is 0.396 e. The molecule has 0 aromatic heterocycles. The first-order valence-electron chi connectivity index (χ1n) is 5.02. The van der Waals surface area contributed by atoms with E-state index in [4.69, 9.17) is 11.5 Å². The highest BCUT2D eigenvalue weighted by molar-refractivity contribution is 6.24. The molecular formula is C13H10N2O. The summed E-state index contributed by atoms with van der Waals surface area (Å²) < 4.78 is 0. The van der Waals surface area contributed by atoms with E-state index in [0.717, 1.165) is 16.3 Å². The van der Waals surface area contributed by atoms with Gasteiger partial charge >= 0.3 is 0 Å². The number of carbonyl (C=O) groups excluding carboxylic acids is 1. The first kappa shape index (κ1) is 8.97. The Labute approximate surface area is 92.4 Å². The Kier molecular flexibility index (Phi) is 1.60. The van der Waals surface area contributed by atoms with Crippen molar-refractivity contribution in [1.29, 1.82) is 0 Å². The van der Waals surface area contributed by atoms with Crippen LogP contribution in [0.25, 0.3) is 16.5 Å². The van der Waals surface area contributed by atoms with Gasteiger partial charge in [0.05, 0.1) is 5.70 Å². The van der Waals surface area contributed by atoms with Crippen LogP contribution in [0.2, 0.25) is 0 Å². The van der Waals surface area contributed by atoms with Gasteiger partial charge in [-0.3, -0.25) is 4.79 Å². The van der Waals surface area contributed by atoms with Gasteiger partial charge in [-0.2, -0.15) is 0 Å². The highest BCUT2D eigenvalue weighted by Crippen LogP contribution is 2.32. The van der Waals surface area contributed by atoms with Gasteiger partial charge in [-0.05, 0) is 5.39 Å². The molecule has 0 atom stereocenters. The summed E-state index contributed by atoms with van der Waals surface area (Å²) in [5.41, 5.74) is 13.6. The number of benzene rings is 2. The number of allylic oxidation sites excluding steroid dienone is 1. The van der Waals surface area contributed by atoms with Crippen LogP contribution in [0.3, 0.4) is 0 Å². The van der Waals surface area contributed by atoms with Gasteiger partial charge in [-0.25, -0.2) is 0 Å². The number of hydrogen-bond acceptors (Lipinski definition) is 3. The third-order valence-corrected chi connectivity index (χ3v) is 2.97. The molecule has 0 saturated heterocycles. The van der Waals surface area contributed by atoms with Crippen LogP contribution in [0, 0.1) is 0 Å². The van der Waals surface area contributed by atoms with Crippen LogP contribution in [-0.4, -0.2) is 5.78 Å². The molecule has 0 spiro atoms. The predicted octanol–water partition coefficient (Wildman–Crippen LogP) is 1.62. The lowest BCUT2D eigenvalue weighted by atomic mass is 9.89. The minimum atomic E-state index is -0.179. The topological polar surface area (TPSA) is 69.1 Å². The Morgan fingerprint density at radius 1 is 0.812 bits per heavy atom. The number of hydrogen-bond donors (Lipinski definition) is 2. The molecule has 0 bridgehead atoms. The summed E-state index contributed by atoms with van der Waals surface area (Å²) in [7, 11) is 0. The molecule has 16 heavy (non-hydrogen) atoms. The van der Waals surface area contributed by atoms with Crippen LogP contribution in [-0.2, 0) is 0 Å². The summed E-state index contributed by atoms with van der Waals surface area (Å²) in [5.74, 6) is -0.179. The van der Waals surface area contributed by atoms with Gasteiger partial charge in [0.1, 0.15) is 5.70 Å². The van der Waals surface area contributed by atoms with E-state index in [0.29, 0.717) is 11.3 Å². The number of Topliss-reactive ketones (excluding diaryl/α,β-unsaturated/α-hetero) is 1. The average Bonchev–Trinajstić information content (AvgIpc) is 2.33. The molecule has 0 radical (unpaired) electrons. The smallest absolute Gasteiger partial charge is 0.211 e. The van der Waals surface area contributed by atoms with E-state index < -0.39 is 0 Å². The fraction of sp³-hybridized carbons (Fsp3) is 0. The average molecular weight is 210 g/mol. The van der Waals surface area contributed by atoms with E-state index in [9.17, 15) is 4.79 Å². The van der Waals surface area contributed by atoms with Crippen molar-refractivity contribution in [3.63, 3.8) is 0 Å². The first-order valence-corrected chi connectivity index (χ1v) is 5.02. The summed E-state index contributed by atoms with van der Waals surface area (Å²) in [6.45, 7) is 0. The van der Waals surface area contributed by atoms with Crippen LogP contribution in [0.15, 0.2) is 42.1 Å². The third kappa shape index (κ3) is 0.945. The van der Waals surface area contributed by atoms with E-state index in [2.05, 4.69) is 0 Å². The van der Waals surface area contributed by atoms with Crippen molar-refractivity contribution in [2.75, 3.05) is 0 Å². The van der Waals surface area contributed by atoms with E-state index >= 15 is 0 Å². The van der Waals surface area contributed by atoms with Crippen molar-refractivity contribution in [3.05, 3.63) is 53.2 Å². The molecule has 1 aliphatic carbocycles. The Bertz CT molecular complexity index is 651. The standard InChI is InChI=1S/C13H10N2O/c14-11-8-5-1-3-7-4-2-6-9(10(7)8)13(16)12(11)15/h1-6H,14-15H2. The van der Waals surface area contributed by atoms with Gasteiger partial charge in [-0.15, -0.1) is 0 Å². The number of nitrogens with two attached hydrogens (primary N) is 2. The van der Waals surface area contributed by atoms with Gasteiger partial charge in [0.15, 0.2) is 0 Å². The van der Waals surface area contributed by atoms with Crippen LogP contribution in [0.1, 0.15) is 15.9 Å². The van der Waals surface area contributed by atoms with Gasteiger partial charge < -0.3 is 11.5 Å². The molecule has 0 unspecified atom stereocenters. The summed E-state index contributed by atoms with van der Waals surface area (Å²) >= 11 is 0. The zero-order valence-corrected chi connectivity index (χ0v) is 8.53. The van der Waals surface area contributed by atoms with Crippen molar-refractivity contribution >= 4 is 22.3 Å². The molecule has 3 heteroatoms. The molecule has 2 aromatic rings. The van der Waals surface area contributed by atoms with Crippen molar-refractivity contribution in [2.24, 2.45) is 11.5 Å². The zero-order chi connectivity index (χ0) is 11.3. The van der Waals surface area contributed by atoms with E-state index in [1.807, 2.05) is 30.3 Å². The summed E-state index contributed by atoms with van der Waals surface area (Å²) in [6, 6.07) is 11.4. The molecule has 3 rings (SSSR count). The van der Waals surface area contributed by atoms with Crippen LogP contribution in [0.5, 0.6) is 0 Å². The maximum atomic E-state index is 12.0. The molecule has 0 fully saturated rings. The Morgan fingerprint density at radius 3 is 2.12 bits per heavy atom. The lowest BCUT2D eigenvalue weighted by molar-refractivity contribution is 0.103. The molecule has 3 nitrogen and oxygen atoms in total. The molecule has 2 aromatic carbocycles. The fourth-order valence-electron chi connectivity index (χ4n) is 2.17. The molecule has 0 aliphatic heterocycles. The lowest BCUT2D eigenvalue weighted by Crippen LogP contribution is -2.22. The SMILES string of the molecule is NC1=C(N)c2cccc3cccc(c23)C1=O. The van der Waals surface area contributed by atoms with Crippen molar-refractivity contribution in [1.82, 2.24) is 0 Å². The second-order valence-electron chi connectivity index (χ2n) is 3.87. The van der Waals surface area contributed by atoms with E-state index in [1.54, 1.807) is 6.07 Å². The van der Waals surface area contributed by atoms with Crippen molar-refractivity contribution in [2.45, 2.75) is 0 Å². The second kappa shape index (κ2) is 2.85. The molecule has 1 aliphatic rings. The van der Waals surface area contributed by atoms with E-state index in [-0.39, 0.29) is 11.5 Å². The molecular weight excluding hydrogens is 200 g/mol. The van der Waals surface area contributed by atoms with Gasteiger partial charge in [0.2, 0.25) is 5.78 Å². The molecule has 0 amide bonds. The number of ketones is 1. The summed E-state index contributed by atoms with van der Waals surface area (Å²) in [4.78, 5) is 12.0. The summed E-state index contributed by atoms with van der Waals surface area (Å²) in [6.07, 6.45) is 0. The number of rotatable bonds is 0. The second-order valence-corrected chi connectivity index (χ2v) is 3.87. The van der Waals surface area contributed by atoms with Gasteiger partial charge in [0, 0.05) is 16.5 Å². The minimum Gasteiger partial charge on any atom is -0.396 e. The lowest BCUT2D eigenvalue weighted by Gasteiger charge is -2.18. The van der Waals surface area contributed by atoms with E-state index in [1.165, 1.54) is 0 Å². The Balaban J connectivity index is 2.57. The Hall–Kier alpha value is -2.29. The predicted molar refractivity (Wildman–Crippen MR) is 63.6 cm³/mol. The highest BCUT2D eigenvalue weighted by Gasteiger charge is 2.23. The quantitative estimate of drug-likeness (QED) is 0.694. The fourth-order valence-corrected chi connectivity index (χ4v) is 2.17. The minimum absolute atomic E-state index is 0.145. The molecule has 0 saturated carbocycles. The zero-order valence-electron chi connectivity index (χ0n) is 8.53. The molecule has 0 heterocycles. The normalized spacial score (nSPS) is 14.6. The van der Waals surface area contributed by atoms with Crippen LogP contribution >= 0.6 is 0 Å². The molecule has 4 N–H and O–H groups in total. The maximum Gasteiger partial charge on any atom is 0.211 e. The van der Waals surface area contributed by atoms with Crippen molar-refractivity contribution in [3.8, 4) is 0 Å². The monoisotopic (exact) mass is 210 g/mol. The van der Waals surface area contributed by atoms with Gasteiger partial charge in [-0.1, -0.05) is 36.4 Å². The molecule has 78 valence electrons. The van der Waals surface area contributed by atoms with Gasteiger partial charge in [0.25, 0.3) is 0 Å². The Morgan fingerprint density at radius 2 is 1.44 bits per heavy atom. The first-order chi connectivity index (χ1) is 7.70. The highest BCUT2D eigenvalue weighted by atomic mass is 16.1. The maximum absolute atomic E-state index is 12.0. The van der Waals surface area contributed by atoms with Crippen LogP contribution in [0.4, 0.5) is 0 Å². The van der Waals surface area contributed by atoms with Crippen molar-refractivity contribution < 1.29 is 4.79 Å².